The predicted octanol–water partition coefficient (Wildman–Crippen LogP) is 4.04. The highest BCUT2D eigenvalue weighted by Crippen LogP contribution is 2.25. The smallest absolute Gasteiger partial charge is 0.444 e. The third kappa shape index (κ3) is 6.27. The van der Waals surface area contributed by atoms with Crippen molar-refractivity contribution < 1.29 is 27.4 Å². The lowest BCUT2D eigenvalue weighted by molar-refractivity contribution is -0.274. The first-order valence-electron chi connectivity index (χ1n) is 8.39. The van der Waals surface area contributed by atoms with Crippen LogP contribution in [0.3, 0.4) is 0 Å². The van der Waals surface area contributed by atoms with E-state index in [0.29, 0.717) is 25.3 Å². The summed E-state index contributed by atoms with van der Waals surface area (Å²) < 4.78 is 45.7. The Morgan fingerprint density at radius 3 is 2.50 bits per heavy atom. The number of hydrogen-bond donors (Lipinski definition) is 1. The molecule has 1 N–H and O–H groups in total. The molecule has 146 valence electrons. The molecule has 1 saturated heterocycles. The number of amides is 1. The average molecular weight is 375 g/mol. The summed E-state index contributed by atoms with van der Waals surface area (Å²) >= 11 is 0. The Balaban J connectivity index is 1.89. The molecule has 26 heavy (non-hydrogen) atoms. The van der Waals surface area contributed by atoms with Crippen molar-refractivity contribution >= 4 is 11.9 Å². The van der Waals surface area contributed by atoms with E-state index in [1.54, 1.807) is 4.90 Å². The van der Waals surface area contributed by atoms with Gasteiger partial charge >= 0.3 is 12.5 Å². The third-order valence-electron chi connectivity index (χ3n) is 3.86. The second-order valence-electron chi connectivity index (χ2n) is 7.37. The summed E-state index contributed by atoms with van der Waals surface area (Å²) in [6, 6.07) is 2.70. The molecule has 1 amide bonds. The van der Waals surface area contributed by atoms with Gasteiger partial charge in [0.15, 0.2) is 0 Å². The van der Waals surface area contributed by atoms with Crippen molar-refractivity contribution in [3.63, 3.8) is 0 Å². The molecule has 1 fully saturated rings. The number of ether oxygens (including phenoxy) is 2. The SMILES string of the molecule is C[C@@H]1CN(C(=O)OC(C)(C)C)CC[C@@H]1Nc1ccc(OC(F)(F)F)cn1. The third-order valence-corrected chi connectivity index (χ3v) is 3.86. The number of likely N-dealkylation sites (tertiary alicyclic amines) is 1. The van der Waals surface area contributed by atoms with Gasteiger partial charge in [0, 0.05) is 19.1 Å². The number of nitrogens with zero attached hydrogens (tertiary/aromatic N) is 2. The van der Waals surface area contributed by atoms with E-state index < -0.39 is 12.0 Å². The summed E-state index contributed by atoms with van der Waals surface area (Å²) in [6.07, 6.45) is -3.37. The average Bonchev–Trinajstić information content (AvgIpc) is 2.48. The normalized spacial score (nSPS) is 21.3. The van der Waals surface area contributed by atoms with Crippen LogP contribution in [0.1, 0.15) is 34.1 Å². The fourth-order valence-corrected chi connectivity index (χ4v) is 2.70. The fraction of sp³-hybridized carbons (Fsp3) is 0.647. The molecule has 6 nitrogen and oxygen atoms in total. The molecule has 2 atom stereocenters. The number of carbonyl (C=O) groups excluding carboxylic acids is 1. The van der Waals surface area contributed by atoms with Gasteiger partial charge in [-0.2, -0.15) is 0 Å². The first kappa shape index (κ1) is 20.1. The minimum Gasteiger partial charge on any atom is -0.444 e. The fourth-order valence-electron chi connectivity index (χ4n) is 2.70. The van der Waals surface area contributed by atoms with Crippen LogP contribution < -0.4 is 10.1 Å². The zero-order valence-electron chi connectivity index (χ0n) is 15.3. The molecule has 1 aromatic rings. The van der Waals surface area contributed by atoms with Gasteiger partial charge in [-0.15, -0.1) is 13.2 Å². The number of nitrogens with one attached hydrogen (secondary N) is 1. The van der Waals surface area contributed by atoms with Gasteiger partial charge in [0.2, 0.25) is 0 Å². The van der Waals surface area contributed by atoms with Crippen molar-refractivity contribution in [2.24, 2.45) is 5.92 Å². The van der Waals surface area contributed by atoms with Crippen molar-refractivity contribution in [1.29, 1.82) is 0 Å². The van der Waals surface area contributed by atoms with Crippen molar-refractivity contribution in [1.82, 2.24) is 9.88 Å². The Bertz CT molecular complexity index is 614. The number of rotatable bonds is 3. The van der Waals surface area contributed by atoms with Crippen LogP contribution in [-0.4, -0.2) is 47.1 Å². The minimum atomic E-state index is -4.74. The van der Waals surface area contributed by atoms with E-state index in [9.17, 15) is 18.0 Å². The van der Waals surface area contributed by atoms with E-state index in [1.807, 2.05) is 27.7 Å². The predicted molar refractivity (Wildman–Crippen MR) is 89.9 cm³/mol. The maximum absolute atomic E-state index is 12.2. The van der Waals surface area contributed by atoms with Crippen LogP contribution in [0.25, 0.3) is 0 Å². The van der Waals surface area contributed by atoms with E-state index in [1.165, 1.54) is 12.1 Å². The lowest BCUT2D eigenvalue weighted by atomic mass is 9.94. The first-order valence-corrected chi connectivity index (χ1v) is 8.39. The van der Waals surface area contributed by atoms with Gasteiger partial charge in [-0.1, -0.05) is 6.92 Å². The second-order valence-corrected chi connectivity index (χ2v) is 7.37. The van der Waals surface area contributed by atoms with Crippen LogP contribution in [0.5, 0.6) is 5.75 Å². The summed E-state index contributed by atoms with van der Waals surface area (Å²) in [5.74, 6) is 0.224. The van der Waals surface area contributed by atoms with Gasteiger partial charge in [-0.05, 0) is 45.2 Å². The molecule has 0 unspecified atom stereocenters. The van der Waals surface area contributed by atoms with Crippen LogP contribution in [0, 0.1) is 5.92 Å². The second kappa shape index (κ2) is 7.59. The molecule has 0 spiro atoms. The van der Waals surface area contributed by atoms with Crippen LogP contribution in [0.15, 0.2) is 18.3 Å². The number of pyridine rings is 1. The van der Waals surface area contributed by atoms with E-state index in [2.05, 4.69) is 15.0 Å². The standard InChI is InChI=1S/C17H24F3N3O3/c1-11-10-23(15(24)26-16(2,3)4)8-7-13(11)22-14-6-5-12(9-21-14)25-17(18,19)20/h5-6,9,11,13H,7-8,10H2,1-4H3,(H,21,22)/t11-,13+/m1/s1. The lowest BCUT2D eigenvalue weighted by Gasteiger charge is -2.38. The van der Waals surface area contributed by atoms with Gasteiger partial charge in [0.05, 0.1) is 6.20 Å². The Labute approximate surface area is 150 Å². The molecule has 0 saturated carbocycles. The number of halogens is 3. The summed E-state index contributed by atoms with van der Waals surface area (Å²) in [7, 11) is 0. The molecule has 2 rings (SSSR count). The minimum absolute atomic E-state index is 0.0515. The van der Waals surface area contributed by atoms with Crippen molar-refractivity contribution in [2.45, 2.75) is 52.1 Å². The molecule has 0 aliphatic carbocycles. The van der Waals surface area contributed by atoms with Crippen LogP contribution in [0.4, 0.5) is 23.8 Å². The molecule has 0 aromatic carbocycles. The first-order chi connectivity index (χ1) is 11.9. The Hall–Kier alpha value is -2.19. The number of anilines is 1. The number of hydrogen-bond acceptors (Lipinski definition) is 5. The van der Waals surface area contributed by atoms with E-state index in [4.69, 9.17) is 4.74 Å². The van der Waals surface area contributed by atoms with Crippen LogP contribution >= 0.6 is 0 Å². The largest absolute Gasteiger partial charge is 0.573 e. The highest BCUT2D eigenvalue weighted by molar-refractivity contribution is 5.68. The zero-order valence-corrected chi connectivity index (χ0v) is 15.3. The summed E-state index contributed by atoms with van der Waals surface area (Å²) in [5.41, 5.74) is -0.542. The molecule has 0 bridgehead atoms. The van der Waals surface area contributed by atoms with E-state index in [-0.39, 0.29) is 23.8 Å². The summed E-state index contributed by atoms with van der Waals surface area (Å²) in [4.78, 5) is 17.8. The number of piperidine rings is 1. The monoisotopic (exact) mass is 375 g/mol. The van der Waals surface area contributed by atoms with Gasteiger partial charge in [0.25, 0.3) is 0 Å². The number of carbonyl (C=O) groups is 1. The van der Waals surface area contributed by atoms with Crippen molar-refractivity contribution in [3.8, 4) is 5.75 Å². The highest BCUT2D eigenvalue weighted by Gasteiger charge is 2.32. The van der Waals surface area contributed by atoms with Crippen molar-refractivity contribution in [2.75, 3.05) is 18.4 Å². The molecular weight excluding hydrogens is 351 g/mol. The zero-order chi connectivity index (χ0) is 19.5. The molecule has 1 aromatic heterocycles. The molecule has 1 aliphatic heterocycles. The van der Waals surface area contributed by atoms with Crippen LogP contribution in [-0.2, 0) is 4.74 Å². The molecular formula is C17H24F3N3O3. The topological polar surface area (TPSA) is 63.7 Å². The lowest BCUT2D eigenvalue weighted by Crippen LogP contribution is -2.49. The van der Waals surface area contributed by atoms with Crippen LogP contribution in [0.2, 0.25) is 0 Å². The van der Waals surface area contributed by atoms with E-state index >= 15 is 0 Å². The summed E-state index contributed by atoms with van der Waals surface area (Å²) in [6.45, 7) is 8.52. The summed E-state index contributed by atoms with van der Waals surface area (Å²) in [5, 5.41) is 3.20. The quantitative estimate of drug-likeness (QED) is 0.864. The van der Waals surface area contributed by atoms with Gasteiger partial charge in [0.1, 0.15) is 17.2 Å². The van der Waals surface area contributed by atoms with Gasteiger partial charge in [-0.3, -0.25) is 0 Å². The highest BCUT2D eigenvalue weighted by atomic mass is 19.4. The van der Waals surface area contributed by atoms with E-state index in [0.717, 1.165) is 6.20 Å². The molecule has 2 heterocycles. The Kier molecular flexibility index (Phi) is 5.87. The van der Waals surface area contributed by atoms with Gasteiger partial charge < -0.3 is 19.7 Å². The van der Waals surface area contributed by atoms with Crippen molar-refractivity contribution in [3.05, 3.63) is 18.3 Å². The number of alkyl halides is 3. The Morgan fingerprint density at radius 2 is 2.00 bits per heavy atom. The Morgan fingerprint density at radius 1 is 1.31 bits per heavy atom. The maximum atomic E-state index is 12.2. The maximum Gasteiger partial charge on any atom is 0.573 e. The molecule has 1 aliphatic rings. The van der Waals surface area contributed by atoms with Gasteiger partial charge in [-0.25, -0.2) is 9.78 Å². The molecule has 9 heteroatoms. The number of aromatic nitrogens is 1. The molecule has 0 radical (unpaired) electrons.